The highest BCUT2D eigenvalue weighted by molar-refractivity contribution is 7.80. The summed E-state index contributed by atoms with van der Waals surface area (Å²) in [5.41, 5.74) is 3.93. The molecule has 156 valence electrons. The quantitative estimate of drug-likeness (QED) is 0.480. The first-order chi connectivity index (χ1) is 14.7. The smallest absolute Gasteiger partial charge is 0.226 e. The van der Waals surface area contributed by atoms with Crippen LogP contribution in [0.1, 0.15) is 36.6 Å². The molecule has 1 aromatic heterocycles. The van der Waals surface area contributed by atoms with E-state index in [1.165, 1.54) is 18.4 Å². The molecule has 0 amide bonds. The summed E-state index contributed by atoms with van der Waals surface area (Å²) >= 11 is 5.57. The minimum atomic E-state index is 0.502. The zero-order chi connectivity index (χ0) is 20.9. The molecule has 6 heteroatoms. The highest BCUT2D eigenvalue weighted by Gasteiger charge is 2.23. The van der Waals surface area contributed by atoms with Gasteiger partial charge in [0.15, 0.2) is 11.5 Å². The van der Waals surface area contributed by atoms with Gasteiger partial charge in [0.2, 0.25) is 5.89 Å². The summed E-state index contributed by atoms with van der Waals surface area (Å²) in [6, 6.07) is 13.9. The summed E-state index contributed by atoms with van der Waals surface area (Å²) in [5.74, 6) is 2.65. The van der Waals surface area contributed by atoms with Crippen molar-refractivity contribution in [3.63, 3.8) is 0 Å². The Kier molecular flexibility index (Phi) is 6.33. The Balaban J connectivity index is 1.43. The van der Waals surface area contributed by atoms with Crippen molar-refractivity contribution in [1.29, 1.82) is 0 Å². The number of aryl methyl sites for hydroxylation is 1. The van der Waals surface area contributed by atoms with E-state index in [0.717, 1.165) is 40.6 Å². The number of methoxy groups -OCH3 is 1. The first-order valence-corrected chi connectivity index (χ1v) is 10.7. The lowest BCUT2D eigenvalue weighted by atomic mass is 10.1. The summed E-state index contributed by atoms with van der Waals surface area (Å²) in [6.07, 6.45) is 5.08. The molecule has 3 aromatic rings. The van der Waals surface area contributed by atoms with Crippen LogP contribution in [0.15, 0.2) is 53.1 Å². The zero-order valence-corrected chi connectivity index (χ0v) is 18.1. The molecule has 5 nitrogen and oxygen atoms in total. The van der Waals surface area contributed by atoms with Gasteiger partial charge in [-0.05, 0) is 48.9 Å². The van der Waals surface area contributed by atoms with E-state index in [-0.39, 0.29) is 0 Å². The van der Waals surface area contributed by atoms with Crippen molar-refractivity contribution < 1.29 is 13.9 Å². The lowest BCUT2D eigenvalue weighted by Gasteiger charge is -2.11. The number of nitrogens with one attached hydrogen (secondary N) is 1. The summed E-state index contributed by atoms with van der Waals surface area (Å²) in [5, 5.41) is 3.29. The predicted molar refractivity (Wildman–Crippen MR) is 121 cm³/mol. The maximum absolute atomic E-state index is 5.95. The van der Waals surface area contributed by atoms with Gasteiger partial charge >= 0.3 is 0 Å². The van der Waals surface area contributed by atoms with E-state index < -0.39 is 0 Å². The van der Waals surface area contributed by atoms with Crippen molar-refractivity contribution >= 4 is 17.2 Å². The third kappa shape index (κ3) is 4.82. The number of rotatable bonds is 9. The largest absolute Gasteiger partial charge is 0.493 e. The van der Waals surface area contributed by atoms with Crippen molar-refractivity contribution in [2.45, 2.75) is 32.7 Å². The topological polar surface area (TPSA) is 56.5 Å². The first kappa shape index (κ1) is 20.4. The van der Waals surface area contributed by atoms with Gasteiger partial charge in [0.05, 0.1) is 26.0 Å². The molecular formula is C24H26N2O3S. The monoisotopic (exact) mass is 422 g/mol. The van der Waals surface area contributed by atoms with Crippen molar-refractivity contribution in [3.05, 3.63) is 65.5 Å². The van der Waals surface area contributed by atoms with Crippen LogP contribution in [0.4, 0.5) is 0 Å². The molecule has 0 unspecified atom stereocenters. The molecule has 1 saturated carbocycles. The van der Waals surface area contributed by atoms with Crippen LogP contribution in [-0.4, -0.2) is 23.7 Å². The second kappa shape index (κ2) is 9.30. The molecule has 1 heterocycles. The molecule has 1 aliphatic rings. The van der Waals surface area contributed by atoms with Gasteiger partial charge in [0.1, 0.15) is 11.3 Å². The van der Waals surface area contributed by atoms with Crippen LogP contribution in [0, 0.1) is 5.92 Å². The minimum absolute atomic E-state index is 0.502. The molecule has 0 saturated heterocycles. The molecule has 0 bridgehead atoms. The fraction of sp³-hybridized carbons (Fsp3) is 0.333. The van der Waals surface area contributed by atoms with Crippen LogP contribution in [-0.2, 0) is 13.0 Å². The van der Waals surface area contributed by atoms with E-state index >= 15 is 0 Å². The van der Waals surface area contributed by atoms with Gasteiger partial charge < -0.3 is 19.2 Å². The van der Waals surface area contributed by atoms with E-state index in [9.17, 15) is 0 Å². The number of hydrogen-bond donors (Lipinski definition) is 1. The standard InChI is InChI=1S/C24H26N2O3S/c1-3-17-6-4-5-7-20(17)24(30)25-13-19-15-29-23(26-19)18-10-11-21(27-2)22(12-18)28-14-16-8-9-16/h4-7,10-12,15-16H,3,8-9,13-14H2,1-2H3,(H,25,30). The Bertz CT molecular complexity index is 1030. The van der Waals surface area contributed by atoms with Crippen LogP contribution in [0.2, 0.25) is 0 Å². The molecule has 1 aliphatic carbocycles. The van der Waals surface area contributed by atoms with E-state index in [4.69, 9.17) is 26.1 Å². The average molecular weight is 423 g/mol. The lowest BCUT2D eigenvalue weighted by Crippen LogP contribution is -2.23. The van der Waals surface area contributed by atoms with Gasteiger partial charge in [0, 0.05) is 11.1 Å². The fourth-order valence-corrected chi connectivity index (χ4v) is 3.52. The molecule has 30 heavy (non-hydrogen) atoms. The van der Waals surface area contributed by atoms with Crippen LogP contribution in [0.5, 0.6) is 11.5 Å². The van der Waals surface area contributed by atoms with Crippen LogP contribution >= 0.6 is 12.2 Å². The number of oxazole rings is 1. The van der Waals surface area contributed by atoms with Crippen molar-refractivity contribution in [1.82, 2.24) is 10.3 Å². The molecule has 0 aliphatic heterocycles. The molecular weight excluding hydrogens is 396 g/mol. The van der Waals surface area contributed by atoms with Gasteiger partial charge in [0.25, 0.3) is 0 Å². The number of thiocarbonyl (C=S) groups is 1. The van der Waals surface area contributed by atoms with Crippen LogP contribution in [0.3, 0.4) is 0 Å². The van der Waals surface area contributed by atoms with E-state index in [0.29, 0.717) is 24.1 Å². The fourth-order valence-electron chi connectivity index (χ4n) is 3.25. The van der Waals surface area contributed by atoms with E-state index in [1.54, 1.807) is 13.4 Å². The Hall–Kier alpha value is -2.86. The number of benzene rings is 2. The maximum atomic E-state index is 5.95. The zero-order valence-electron chi connectivity index (χ0n) is 17.3. The molecule has 0 spiro atoms. The van der Waals surface area contributed by atoms with E-state index in [2.05, 4.69) is 23.3 Å². The van der Waals surface area contributed by atoms with Gasteiger partial charge in [-0.2, -0.15) is 0 Å². The molecule has 1 N–H and O–H groups in total. The van der Waals surface area contributed by atoms with Gasteiger partial charge in [-0.3, -0.25) is 0 Å². The van der Waals surface area contributed by atoms with Gasteiger partial charge in [-0.25, -0.2) is 4.98 Å². The van der Waals surface area contributed by atoms with Gasteiger partial charge in [-0.1, -0.05) is 43.4 Å². The third-order valence-corrected chi connectivity index (χ3v) is 5.57. The molecule has 4 rings (SSSR count). The normalized spacial score (nSPS) is 13.1. The van der Waals surface area contributed by atoms with Crippen molar-refractivity contribution in [2.75, 3.05) is 13.7 Å². The maximum Gasteiger partial charge on any atom is 0.226 e. The SMILES string of the molecule is CCc1ccccc1C(=S)NCc1coc(-c2ccc(OC)c(OCC3CC3)c2)n1. The molecule has 0 atom stereocenters. The summed E-state index contributed by atoms with van der Waals surface area (Å²) < 4.78 is 17.1. The second-order valence-corrected chi connectivity index (χ2v) is 7.87. The van der Waals surface area contributed by atoms with E-state index in [1.807, 2.05) is 36.4 Å². The minimum Gasteiger partial charge on any atom is -0.493 e. The number of aromatic nitrogens is 1. The van der Waals surface area contributed by atoms with Crippen molar-refractivity contribution in [3.8, 4) is 23.0 Å². The first-order valence-electron chi connectivity index (χ1n) is 10.3. The molecule has 0 radical (unpaired) electrons. The number of nitrogens with zero attached hydrogens (tertiary/aromatic N) is 1. The number of ether oxygens (including phenoxy) is 2. The summed E-state index contributed by atoms with van der Waals surface area (Å²) in [7, 11) is 1.65. The molecule has 2 aromatic carbocycles. The lowest BCUT2D eigenvalue weighted by molar-refractivity contribution is 0.280. The van der Waals surface area contributed by atoms with Crippen LogP contribution < -0.4 is 14.8 Å². The van der Waals surface area contributed by atoms with Crippen molar-refractivity contribution in [2.24, 2.45) is 5.92 Å². The Morgan fingerprint density at radius 1 is 1.20 bits per heavy atom. The highest BCUT2D eigenvalue weighted by atomic mass is 32.1. The van der Waals surface area contributed by atoms with Gasteiger partial charge in [-0.15, -0.1) is 0 Å². The Morgan fingerprint density at radius 3 is 2.80 bits per heavy atom. The number of hydrogen-bond acceptors (Lipinski definition) is 5. The second-order valence-electron chi connectivity index (χ2n) is 7.46. The summed E-state index contributed by atoms with van der Waals surface area (Å²) in [6.45, 7) is 3.35. The molecule has 1 fully saturated rings. The average Bonchev–Trinajstić information content (AvgIpc) is 3.50. The summed E-state index contributed by atoms with van der Waals surface area (Å²) in [4.78, 5) is 5.33. The highest BCUT2D eigenvalue weighted by Crippen LogP contribution is 2.35. The third-order valence-electron chi connectivity index (χ3n) is 5.21. The van der Waals surface area contributed by atoms with Crippen LogP contribution in [0.25, 0.3) is 11.5 Å². The Morgan fingerprint density at radius 2 is 2.03 bits per heavy atom. The predicted octanol–water partition coefficient (Wildman–Crippen LogP) is 5.17. The Labute approximate surface area is 182 Å².